The van der Waals surface area contributed by atoms with Crippen LogP contribution in [0.2, 0.25) is 0 Å². The second kappa shape index (κ2) is 8.92. The highest BCUT2D eigenvalue weighted by atomic mass is 32.1. The quantitative estimate of drug-likeness (QED) is 0.108. The second-order valence-corrected chi connectivity index (χ2v) is 7.42. The third-order valence-corrected chi connectivity index (χ3v) is 5.28. The molecule has 0 spiro atoms. The van der Waals surface area contributed by atoms with Gasteiger partial charge in [0.2, 0.25) is 10.7 Å². The van der Waals surface area contributed by atoms with Crippen molar-refractivity contribution in [3.05, 3.63) is 74.0 Å². The van der Waals surface area contributed by atoms with Gasteiger partial charge in [-0.2, -0.15) is 15.2 Å². The number of carbonyl (C=O) groups is 2. The number of hydrogen-bond donors (Lipinski definition) is 1. The lowest BCUT2D eigenvalue weighted by Gasteiger charge is -2.05. The Balaban J connectivity index is 1.72. The van der Waals surface area contributed by atoms with E-state index in [0.29, 0.717) is 16.6 Å². The number of nitrogens with zero attached hydrogens (tertiary/aromatic N) is 5. The lowest BCUT2D eigenvalue weighted by molar-refractivity contribution is -0.384. The van der Waals surface area contributed by atoms with E-state index in [4.69, 9.17) is 4.74 Å². The number of aromatic nitrogens is 3. The maximum Gasteiger partial charge on any atom is 0.363 e. The van der Waals surface area contributed by atoms with E-state index >= 15 is 0 Å². The van der Waals surface area contributed by atoms with Crippen molar-refractivity contribution in [1.29, 1.82) is 0 Å². The molecule has 4 rings (SSSR count). The molecule has 166 valence electrons. The Bertz CT molecular complexity index is 1490. The zero-order valence-corrected chi connectivity index (χ0v) is 17.7. The van der Waals surface area contributed by atoms with E-state index in [2.05, 4.69) is 20.6 Å². The van der Waals surface area contributed by atoms with Crippen LogP contribution in [0.15, 0.2) is 58.4 Å². The summed E-state index contributed by atoms with van der Waals surface area (Å²) in [5, 5.41) is 19.1. The first-order valence-corrected chi connectivity index (χ1v) is 10.3. The molecule has 0 radical (unpaired) electrons. The molecule has 2 heterocycles. The number of nitro groups is 1. The van der Waals surface area contributed by atoms with Crippen LogP contribution in [0.25, 0.3) is 15.9 Å². The fourth-order valence-electron chi connectivity index (χ4n) is 2.86. The molecule has 4 aromatic rings. The topological polar surface area (TPSA) is 158 Å². The Morgan fingerprint density at radius 3 is 2.64 bits per heavy atom. The van der Waals surface area contributed by atoms with E-state index in [1.807, 2.05) is 0 Å². The molecule has 0 amide bonds. The molecule has 0 unspecified atom stereocenters. The molecule has 0 aliphatic carbocycles. The molecule has 0 saturated heterocycles. The minimum Gasteiger partial charge on any atom is -0.461 e. The number of anilines is 1. The summed E-state index contributed by atoms with van der Waals surface area (Å²) in [6.07, 6.45) is 0. The van der Waals surface area contributed by atoms with Crippen LogP contribution in [0, 0.1) is 10.1 Å². The van der Waals surface area contributed by atoms with Crippen LogP contribution >= 0.6 is 11.3 Å². The predicted octanol–water partition coefficient (Wildman–Crippen LogP) is 2.43. The molecule has 0 aliphatic heterocycles. The number of carbonyl (C=O) groups excluding carboxylic acids is 2. The van der Waals surface area contributed by atoms with E-state index < -0.39 is 27.9 Å². The van der Waals surface area contributed by atoms with Gasteiger partial charge in [-0.25, -0.2) is 9.31 Å². The van der Waals surface area contributed by atoms with Gasteiger partial charge in [0.25, 0.3) is 17.0 Å². The second-order valence-electron chi connectivity index (χ2n) is 6.46. The summed E-state index contributed by atoms with van der Waals surface area (Å²) in [6.45, 7) is 1.58. The summed E-state index contributed by atoms with van der Waals surface area (Å²) in [6, 6.07) is 11.9. The normalized spacial score (nSPS) is 11.5. The van der Waals surface area contributed by atoms with Gasteiger partial charge in [-0.1, -0.05) is 23.5 Å². The fraction of sp³-hybridized carbons (Fsp3) is 0.100. The molecule has 12 nitrogen and oxygen atoms in total. The van der Waals surface area contributed by atoms with Crippen LogP contribution < -0.4 is 11.0 Å². The molecular formula is C20H14N6O6S. The molecule has 0 fully saturated rings. The van der Waals surface area contributed by atoms with Crippen molar-refractivity contribution in [2.24, 2.45) is 5.10 Å². The summed E-state index contributed by atoms with van der Waals surface area (Å²) >= 11 is 0.825. The first-order valence-electron chi connectivity index (χ1n) is 9.47. The average Bonchev–Trinajstić information content (AvgIpc) is 3.24. The van der Waals surface area contributed by atoms with E-state index in [-0.39, 0.29) is 22.3 Å². The van der Waals surface area contributed by atoms with Crippen molar-refractivity contribution in [3.8, 4) is 0 Å². The third-order valence-electron chi connectivity index (χ3n) is 4.37. The molecule has 0 atom stereocenters. The average molecular weight is 466 g/mol. The molecule has 2 aromatic carbocycles. The standard InChI is InChI=1S/C20H14N6O6S/c1-2-32-19(29)15(23-22-11-7-9-12(10-8-11)26(30)31)16(27)18-24-25-14-6-4-3-5-13(14)17(28)21-20(25)33-18/h3-10,22H,2H2,1H3/b23-15+. The molecule has 1 N–H and O–H groups in total. The summed E-state index contributed by atoms with van der Waals surface area (Å²) in [5.74, 6) is -1.82. The van der Waals surface area contributed by atoms with Crippen LogP contribution in [0.5, 0.6) is 0 Å². The van der Waals surface area contributed by atoms with Gasteiger partial charge in [-0.05, 0) is 31.2 Å². The number of non-ortho nitro benzene ring substituents is 1. The van der Waals surface area contributed by atoms with Crippen LogP contribution in [0.4, 0.5) is 11.4 Å². The number of nitro benzene ring substituents is 1. The largest absolute Gasteiger partial charge is 0.461 e. The SMILES string of the molecule is CCOC(=O)/C(=N/Nc1ccc([N+](=O)[O-])cc1)C(=O)c1nn2c(nc(=O)c3ccccc32)s1. The highest BCUT2D eigenvalue weighted by Crippen LogP contribution is 2.19. The number of esters is 1. The first kappa shape index (κ1) is 21.7. The van der Waals surface area contributed by atoms with Gasteiger partial charge in [0.05, 0.1) is 28.1 Å². The number of ketones is 1. The van der Waals surface area contributed by atoms with Gasteiger partial charge in [-0.3, -0.25) is 25.1 Å². The Morgan fingerprint density at radius 1 is 1.21 bits per heavy atom. The number of hydrazone groups is 1. The Kier molecular flexibility index (Phi) is 5.87. The summed E-state index contributed by atoms with van der Waals surface area (Å²) in [4.78, 5) is 52.1. The van der Waals surface area contributed by atoms with Crippen LogP contribution in [-0.4, -0.2) is 43.6 Å². The van der Waals surface area contributed by atoms with Crippen LogP contribution in [0.1, 0.15) is 16.7 Å². The molecule has 13 heteroatoms. The Morgan fingerprint density at radius 2 is 1.94 bits per heavy atom. The van der Waals surface area contributed by atoms with Gasteiger partial charge in [0.15, 0.2) is 5.01 Å². The van der Waals surface area contributed by atoms with Gasteiger partial charge in [0.1, 0.15) is 0 Å². The van der Waals surface area contributed by atoms with Crippen molar-refractivity contribution in [2.45, 2.75) is 6.92 Å². The number of benzene rings is 2. The molecule has 2 aromatic heterocycles. The van der Waals surface area contributed by atoms with Crippen molar-refractivity contribution in [1.82, 2.24) is 14.6 Å². The Labute approximate surface area is 188 Å². The zero-order valence-electron chi connectivity index (χ0n) is 16.9. The number of Topliss-reactive ketones (excluding diaryl/α,β-unsaturated/α-hetero) is 1. The number of ether oxygens (including phenoxy) is 1. The fourth-order valence-corrected chi connectivity index (χ4v) is 3.70. The van der Waals surface area contributed by atoms with Crippen LogP contribution in [0.3, 0.4) is 0 Å². The molecule has 33 heavy (non-hydrogen) atoms. The number of fused-ring (bicyclic) bond motifs is 3. The maximum absolute atomic E-state index is 13.1. The number of nitrogens with one attached hydrogen (secondary N) is 1. The zero-order chi connectivity index (χ0) is 23.5. The van der Waals surface area contributed by atoms with E-state index in [0.717, 1.165) is 11.3 Å². The lowest BCUT2D eigenvalue weighted by Crippen LogP contribution is -2.27. The number of hydrogen-bond acceptors (Lipinski definition) is 11. The van der Waals surface area contributed by atoms with E-state index in [1.54, 1.807) is 31.2 Å². The summed E-state index contributed by atoms with van der Waals surface area (Å²) < 4.78 is 6.28. The molecular weight excluding hydrogens is 452 g/mol. The molecule has 0 bridgehead atoms. The lowest BCUT2D eigenvalue weighted by atomic mass is 10.2. The van der Waals surface area contributed by atoms with Gasteiger partial charge < -0.3 is 4.74 Å². The molecule has 0 aliphatic rings. The minimum absolute atomic E-state index is 0.00297. The summed E-state index contributed by atoms with van der Waals surface area (Å²) in [7, 11) is 0. The van der Waals surface area contributed by atoms with Gasteiger partial charge in [0, 0.05) is 12.1 Å². The highest BCUT2D eigenvalue weighted by Gasteiger charge is 2.27. The predicted molar refractivity (Wildman–Crippen MR) is 120 cm³/mol. The van der Waals surface area contributed by atoms with Gasteiger partial charge in [-0.15, -0.1) is 0 Å². The minimum atomic E-state index is -0.983. The van der Waals surface area contributed by atoms with E-state index in [1.165, 1.54) is 28.8 Å². The van der Waals surface area contributed by atoms with Gasteiger partial charge >= 0.3 is 5.97 Å². The smallest absolute Gasteiger partial charge is 0.363 e. The van der Waals surface area contributed by atoms with Crippen molar-refractivity contribution in [3.63, 3.8) is 0 Å². The van der Waals surface area contributed by atoms with Crippen molar-refractivity contribution < 1.29 is 19.2 Å². The maximum atomic E-state index is 13.1. The number of para-hydroxylation sites is 1. The highest BCUT2D eigenvalue weighted by molar-refractivity contribution is 7.19. The monoisotopic (exact) mass is 466 g/mol. The summed E-state index contributed by atoms with van der Waals surface area (Å²) in [5.41, 5.74) is 2.11. The Hall–Kier alpha value is -4.52. The van der Waals surface area contributed by atoms with Crippen molar-refractivity contribution >= 4 is 56.0 Å². The van der Waals surface area contributed by atoms with Crippen LogP contribution in [-0.2, 0) is 9.53 Å². The first-order chi connectivity index (χ1) is 15.9. The molecule has 0 saturated carbocycles. The van der Waals surface area contributed by atoms with Crippen molar-refractivity contribution in [2.75, 3.05) is 12.0 Å². The number of rotatable bonds is 7. The van der Waals surface area contributed by atoms with E-state index in [9.17, 15) is 24.5 Å². The third kappa shape index (κ3) is 4.29.